The highest BCUT2D eigenvalue weighted by Crippen LogP contribution is 2.49. The van der Waals surface area contributed by atoms with E-state index in [9.17, 15) is 35.7 Å². The van der Waals surface area contributed by atoms with Crippen LogP contribution >= 0.6 is 20.7 Å². The first-order chi connectivity index (χ1) is 20.5. The van der Waals surface area contributed by atoms with Gasteiger partial charge < -0.3 is 54.9 Å². The minimum Gasteiger partial charge on any atom is -0.508 e. The Morgan fingerprint density at radius 3 is 2.26 bits per heavy atom. The largest absolute Gasteiger partial charge is 0.508 e. The summed E-state index contributed by atoms with van der Waals surface area (Å²) in [5.41, 5.74) is 3.45. The number of phenols is 3. The van der Waals surface area contributed by atoms with E-state index >= 15 is 0 Å². The Morgan fingerprint density at radius 2 is 1.58 bits per heavy atom. The molecule has 0 saturated carbocycles. The molecule has 1 saturated heterocycles. The van der Waals surface area contributed by atoms with E-state index in [1.165, 1.54) is 18.2 Å². The number of phenolic OH excluding ortho intramolecular Hbond substituents is 3. The van der Waals surface area contributed by atoms with Crippen LogP contribution in [-0.2, 0) is 9.47 Å². The number of aliphatic hydroxyl groups is 4. The van der Waals surface area contributed by atoms with Crippen molar-refractivity contribution in [3.05, 3.63) is 86.7 Å². The van der Waals surface area contributed by atoms with E-state index < -0.39 is 58.0 Å². The van der Waals surface area contributed by atoms with Crippen LogP contribution in [0, 0.1) is 3.57 Å². The molecular weight excluding hydrogens is 673 g/mol. The maximum atomic E-state index is 10.8. The van der Waals surface area contributed by atoms with Crippen molar-refractivity contribution in [3.63, 3.8) is 0 Å². The van der Waals surface area contributed by atoms with Gasteiger partial charge in [0.05, 0.1) is 10.1 Å². The Labute approximate surface area is 256 Å². The van der Waals surface area contributed by atoms with Crippen molar-refractivity contribution in [1.82, 2.24) is 0 Å². The molecular formula is C31H30INO10. The first-order valence-electron chi connectivity index (χ1n) is 13.4. The number of halogens is 1. The molecule has 0 bridgehead atoms. The van der Waals surface area contributed by atoms with Crippen LogP contribution in [0.4, 0.5) is 5.69 Å². The molecule has 226 valence electrons. The highest BCUT2D eigenvalue weighted by Gasteiger charge is 2.46. The molecule has 0 amide bonds. The number of aliphatic hydroxyl groups excluding tert-OH is 4. The van der Waals surface area contributed by atoms with Crippen LogP contribution in [0.1, 0.15) is 16.7 Å². The average molecular weight is 703 g/mol. The summed E-state index contributed by atoms with van der Waals surface area (Å²) in [5, 5.41) is 72.3. The third kappa shape index (κ3) is 5.34. The smallest absolute Gasteiger partial charge is 0.229 e. The van der Waals surface area contributed by atoms with Crippen molar-refractivity contribution < 1.29 is 50.0 Å². The van der Waals surface area contributed by atoms with Gasteiger partial charge in [-0.2, -0.15) is 0 Å². The van der Waals surface area contributed by atoms with E-state index in [-0.39, 0.29) is 23.0 Å². The lowest BCUT2D eigenvalue weighted by Crippen LogP contribution is -2.59. The highest BCUT2D eigenvalue weighted by atomic mass is 127. The van der Waals surface area contributed by atoms with E-state index in [1.54, 1.807) is 18.2 Å². The molecule has 5 unspecified atom stereocenters. The number of nitrogens with zero attached hydrogens (tertiary/aromatic N) is 1. The predicted octanol–water partition coefficient (Wildman–Crippen LogP) is 2.21. The van der Waals surface area contributed by atoms with Gasteiger partial charge in [-0.3, -0.25) is 0 Å². The van der Waals surface area contributed by atoms with Gasteiger partial charge in [0.2, 0.25) is 6.29 Å². The Hall–Kier alpha value is -3.66. The molecule has 3 aliphatic heterocycles. The number of benzene rings is 3. The second-order valence-electron chi connectivity index (χ2n) is 10.5. The minimum absolute atomic E-state index is 0.00297. The number of ether oxygens (including phenoxy) is 3. The fourth-order valence-electron chi connectivity index (χ4n) is 5.09. The van der Waals surface area contributed by atoms with Crippen molar-refractivity contribution in [1.29, 1.82) is 0 Å². The number of hydrogen-bond acceptors (Lipinski definition) is 11. The van der Waals surface area contributed by atoms with Crippen LogP contribution in [0.25, 0.3) is 11.3 Å². The quantitative estimate of drug-likeness (QED) is 0.148. The summed E-state index contributed by atoms with van der Waals surface area (Å²) in [6, 6.07) is 15.2. The summed E-state index contributed by atoms with van der Waals surface area (Å²) < 4.78 is 19.8. The highest BCUT2D eigenvalue weighted by molar-refractivity contribution is 14.2. The monoisotopic (exact) mass is 703 g/mol. The SMILES string of the molecule is CN(C)c1ccc(C2=CC3=C(OC4OC(CO)C(O)C(O)C4O)C(c4ccc(O)c(O)c4)=Ic4cc(O)cc(c43)O2)cc1. The van der Waals surface area contributed by atoms with Crippen molar-refractivity contribution >= 4 is 41.3 Å². The molecule has 0 spiro atoms. The second kappa shape index (κ2) is 11.4. The molecule has 5 atom stereocenters. The lowest BCUT2D eigenvalue weighted by Gasteiger charge is -2.40. The van der Waals surface area contributed by atoms with Gasteiger partial charge in [-0.25, -0.2) is 0 Å². The van der Waals surface area contributed by atoms with E-state index in [4.69, 9.17) is 14.2 Å². The van der Waals surface area contributed by atoms with Crippen LogP contribution in [0.2, 0.25) is 0 Å². The average Bonchev–Trinajstić information content (AvgIpc) is 2.99. The number of hydrogen-bond donors (Lipinski definition) is 7. The fourth-order valence-corrected chi connectivity index (χ4v) is 8.28. The van der Waals surface area contributed by atoms with Crippen LogP contribution < -0.4 is 9.64 Å². The Morgan fingerprint density at radius 1 is 0.860 bits per heavy atom. The van der Waals surface area contributed by atoms with Gasteiger partial charge in [0.25, 0.3) is 0 Å². The fraction of sp³-hybridized carbons (Fsp3) is 0.258. The minimum atomic E-state index is -1.67. The predicted molar refractivity (Wildman–Crippen MR) is 166 cm³/mol. The number of anilines is 1. The van der Waals surface area contributed by atoms with Crippen molar-refractivity contribution in [3.8, 4) is 23.0 Å². The van der Waals surface area contributed by atoms with Crippen molar-refractivity contribution in [2.45, 2.75) is 30.7 Å². The summed E-state index contributed by atoms with van der Waals surface area (Å²) in [7, 11) is 3.87. The summed E-state index contributed by atoms with van der Waals surface area (Å²) in [6.07, 6.45) is -5.79. The number of allylic oxidation sites excluding steroid dienone is 3. The summed E-state index contributed by atoms with van der Waals surface area (Å²) in [5.74, 6) is 0.444. The van der Waals surface area contributed by atoms with E-state index in [0.29, 0.717) is 31.7 Å². The first-order valence-corrected chi connectivity index (χ1v) is 15.5. The van der Waals surface area contributed by atoms with Gasteiger partial charge in [0.15, 0.2) is 11.5 Å². The van der Waals surface area contributed by atoms with Gasteiger partial charge in [0, 0.05) is 46.1 Å². The van der Waals surface area contributed by atoms with Crippen LogP contribution in [0.3, 0.4) is 0 Å². The lowest BCUT2D eigenvalue weighted by atomic mass is 9.95. The maximum absolute atomic E-state index is 10.8. The zero-order chi connectivity index (χ0) is 30.6. The van der Waals surface area contributed by atoms with Gasteiger partial charge >= 0.3 is 0 Å². The molecule has 3 aromatic carbocycles. The van der Waals surface area contributed by atoms with Crippen molar-refractivity contribution in [2.75, 3.05) is 25.6 Å². The zero-order valence-corrected chi connectivity index (χ0v) is 25.2. The zero-order valence-electron chi connectivity index (χ0n) is 23.0. The third-order valence-corrected chi connectivity index (χ3v) is 10.5. The molecule has 3 heterocycles. The molecule has 11 nitrogen and oxygen atoms in total. The molecule has 0 aromatic heterocycles. The first kappa shape index (κ1) is 29.4. The molecule has 3 aliphatic rings. The Kier molecular flexibility index (Phi) is 7.83. The summed E-state index contributed by atoms with van der Waals surface area (Å²) in [4.78, 5) is 1.97. The Balaban J connectivity index is 1.55. The standard InChI is InChI=1S/C31H30INO10/c1-33(2)16-6-3-14(4-7-16)22-12-18-25-19(10-17(35)11-23(25)41-22)32-26(15-5-8-20(36)21(37)9-15)30(18)43-31-29(40)28(39)27(38)24(13-34)42-31/h3-12,24,27-29,31,34-40H,13H2,1-2H3. The van der Waals surface area contributed by atoms with E-state index in [1.807, 2.05) is 43.3 Å². The van der Waals surface area contributed by atoms with Crippen molar-refractivity contribution in [2.24, 2.45) is 0 Å². The molecule has 1 fully saturated rings. The van der Waals surface area contributed by atoms with Gasteiger partial charge in [-0.1, -0.05) is 20.7 Å². The van der Waals surface area contributed by atoms with E-state index in [2.05, 4.69) is 0 Å². The molecule has 0 aliphatic carbocycles. The molecule has 3 aromatic rings. The molecule has 7 N–H and O–H groups in total. The van der Waals surface area contributed by atoms with Crippen LogP contribution in [0.5, 0.6) is 23.0 Å². The lowest BCUT2D eigenvalue weighted by molar-refractivity contribution is -0.289. The van der Waals surface area contributed by atoms with Gasteiger partial charge in [-0.15, -0.1) is 0 Å². The number of aromatic hydroxyl groups is 3. The maximum Gasteiger partial charge on any atom is 0.229 e. The summed E-state index contributed by atoms with van der Waals surface area (Å²) in [6.45, 7) is -0.626. The molecule has 43 heavy (non-hydrogen) atoms. The van der Waals surface area contributed by atoms with E-state index in [0.717, 1.165) is 14.8 Å². The third-order valence-electron chi connectivity index (χ3n) is 7.42. The topological polar surface area (TPSA) is 173 Å². The van der Waals surface area contributed by atoms with Gasteiger partial charge in [0.1, 0.15) is 47.4 Å². The Bertz CT molecular complexity index is 1660. The molecule has 0 radical (unpaired) electrons. The second-order valence-corrected chi connectivity index (χ2v) is 13.3. The number of rotatable bonds is 6. The molecule has 12 heteroatoms. The van der Waals surface area contributed by atoms with Gasteiger partial charge in [-0.05, 0) is 60.2 Å². The summed E-state index contributed by atoms with van der Waals surface area (Å²) >= 11 is -1.14. The van der Waals surface area contributed by atoms with Crippen LogP contribution in [-0.4, -0.2) is 90.7 Å². The normalized spacial score (nSPS) is 24.7. The molecule has 6 rings (SSSR count). The van der Waals surface area contributed by atoms with Crippen LogP contribution in [0.15, 0.2) is 66.4 Å².